The Morgan fingerprint density at radius 3 is 2.58 bits per heavy atom. The number of nitrogens with one attached hydrogen (secondary N) is 2. The molecule has 2 rings (SSSR count). The van der Waals surface area contributed by atoms with Crippen molar-refractivity contribution in [3.8, 4) is 5.75 Å². The van der Waals surface area contributed by atoms with Crippen LogP contribution in [0.4, 0.5) is 18.9 Å². The summed E-state index contributed by atoms with van der Waals surface area (Å²) in [6.45, 7) is 2.59. The molecule has 2 aromatic rings. The maximum atomic E-state index is 12.7. The van der Waals surface area contributed by atoms with E-state index in [4.69, 9.17) is 4.74 Å². The van der Waals surface area contributed by atoms with Crippen molar-refractivity contribution in [3.63, 3.8) is 0 Å². The Bertz CT molecular complexity index is 840. The number of H-pyrrole nitrogens is 1. The predicted molar refractivity (Wildman–Crippen MR) is 92.0 cm³/mol. The number of benzene rings is 1. The van der Waals surface area contributed by atoms with Crippen LogP contribution in [0.15, 0.2) is 47.4 Å². The van der Waals surface area contributed by atoms with E-state index in [2.05, 4.69) is 5.32 Å². The minimum absolute atomic E-state index is 0.474. The second-order valence-corrected chi connectivity index (χ2v) is 5.37. The number of carbonyl (C=O) groups excluding carboxylic acids is 1. The third kappa shape index (κ3) is 5.51. The number of carbonyl (C=O) groups is 1. The van der Waals surface area contributed by atoms with Crippen LogP contribution in [0.5, 0.6) is 5.75 Å². The van der Waals surface area contributed by atoms with Crippen molar-refractivity contribution in [3.05, 3.63) is 64.1 Å². The molecule has 2 N–H and O–H groups in total. The van der Waals surface area contributed by atoms with Crippen molar-refractivity contribution in [1.82, 2.24) is 4.98 Å². The minimum Gasteiger partial charge on any atom is -0.494 e. The third-order valence-electron chi connectivity index (χ3n) is 3.27. The first-order valence-electron chi connectivity index (χ1n) is 7.81. The average Bonchev–Trinajstić information content (AvgIpc) is 2.60. The molecule has 0 saturated carbocycles. The highest BCUT2D eigenvalue weighted by Gasteiger charge is 2.31. The number of anilines is 1. The molecule has 0 fully saturated rings. The van der Waals surface area contributed by atoms with Gasteiger partial charge in [0.2, 0.25) is 5.91 Å². The number of hydrogen-bond donors (Lipinski definition) is 2. The molecule has 0 saturated heterocycles. The van der Waals surface area contributed by atoms with Crippen LogP contribution in [0.3, 0.4) is 0 Å². The fourth-order valence-corrected chi connectivity index (χ4v) is 1.98. The van der Waals surface area contributed by atoms with Crippen LogP contribution < -0.4 is 15.6 Å². The highest BCUT2D eigenvalue weighted by atomic mass is 19.4. The molecule has 1 aromatic heterocycles. The van der Waals surface area contributed by atoms with Gasteiger partial charge in [0.25, 0.3) is 5.56 Å². The van der Waals surface area contributed by atoms with Crippen LogP contribution in [-0.2, 0) is 11.0 Å². The summed E-state index contributed by atoms with van der Waals surface area (Å²) in [5.74, 6) is -0.0231. The Morgan fingerprint density at radius 2 is 1.96 bits per heavy atom. The van der Waals surface area contributed by atoms with Crippen LogP contribution in [0.1, 0.15) is 24.5 Å². The van der Waals surface area contributed by atoms with Gasteiger partial charge in [-0.2, -0.15) is 13.2 Å². The van der Waals surface area contributed by atoms with Gasteiger partial charge in [0.15, 0.2) is 0 Å². The van der Waals surface area contributed by atoms with Crippen molar-refractivity contribution in [1.29, 1.82) is 0 Å². The van der Waals surface area contributed by atoms with Crippen LogP contribution in [-0.4, -0.2) is 17.5 Å². The number of rotatable bonds is 6. The van der Waals surface area contributed by atoms with Gasteiger partial charge in [-0.15, -0.1) is 0 Å². The fourth-order valence-electron chi connectivity index (χ4n) is 1.98. The van der Waals surface area contributed by atoms with Crippen molar-refractivity contribution >= 4 is 17.7 Å². The third-order valence-corrected chi connectivity index (χ3v) is 3.27. The van der Waals surface area contributed by atoms with Crippen LogP contribution >= 0.6 is 0 Å². The molecule has 1 aromatic carbocycles. The van der Waals surface area contributed by atoms with Gasteiger partial charge in [-0.05, 0) is 36.3 Å². The summed E-state index contributed by atoms with van der Waals surface area (Å²) < 4.78 is 43.4. The van der Waals surface area contributed by atoms with E-state index in [0.29, 0.717) is 30.2 Å². The lowest BCUT2D eigenvalue weighted by molar-refractivity contribution is -0.137. The zero-order chi connectivity index (χ0) is 19.2. The van der Waals surface area contributed by atoms with Gasteiger partial charge in [0.1, 0.15) is 11.4 Å². The molecule has 0 unspecified atom stereocenters. The Balaban J connectivity index is 2.04. The Hall–Kier alpha value is -3.03. The standard InChI is InChI=1S/C18H17F3N2O3/c1-2-9-26-14-6-3-12(4-7-14)5-8-16(24)23-15-10-13(18(19,20)21)11-22-17(15)25/h3-8,10-11H,2,9H2,1H3,(H,22,25)(H,23,24)/b8-5+. The molecule has 0 radical (unpaired) electrons. The van der Waals surface area contributed by atoms with E-state index in [1.165, 1.54) is 6.08 Å². The lowest BCUT2D eigenvalue weighted by Crippen LogP contribution is -2.20. The number of ether oxygens (including phenoxy) is 1. The van der Waals surface area contributed by atoms with Crippen LogP contribution in [0.25, 0.3) is 6.08 Å². The molecule has 0 atom stereocenters. The molecule has 1 heterocycles. The van der Waals surface area contributed by atoms with Crippen LogP contribution in [0.2, 0.25) is 0 Å². The van der Waals surface area contributed by atoms with Crippen molar-refractivity contribution in [2.75, 3.05) is 11.9 Å². The Morgan fingerprint density at radius 1 is 1.27 bits per heavy atom. The summed E-state index contributed by atoms with van der Waals surface area (Å²) in [6, 6.07) is 7.53. The fraction of sp³-hybridized carbons (Fsp3) is 0.222. The maximum Gasteiger partial charge on any atom is 0.417 e. The summed E-state index contributed by atoms with van der Waals surface area (Å²) in [5.41, 5.74) is -1.66. The van der Waals surface area contributed by atoms with Gasteiger partial charge >= 0.3 is 6.18 Å². The second kappa shape index (κ2) is 8.37. The number of pyridine rings is 1. The molecule has 8 heteroatoms. The summed E-state index contributed by atoms with van der Waals surface area (Å²) >= 11 is 0. The Labute approximate surface area is 147 Å². The number of hydrogen-bond acceptors (Lipinski definition) is 3. The number of amides is 1. The van der Waals surface area contributed by atoms with Gasteiger partial charge in [0, 0.05) is 12.3 Å². The van der Waals surface area contributed by atoms with E-state index < -0.39 is 28.9 Å². The van der Waals surface area contributed by atoms with Gasteiger partial charge in [-0.1, -0.05) is 19.1 Å². The second-order valence-electron chi connectivity index (χ2n) is 5.37. The molecule has 0 aliphatic rings. The predicted octanol–water partition coefficient (Wildman–Crippen LogP) is 3.83. The highest BCUT2D eigenvalue weighted by Crippen LogP contribution is 2.29. The van der Waals surface area contributed by atoms with E-state index in [-0.39, 0.29) is 0 Å². The van der Waals surface area contributed by atoms with E-state index >= 15 is 0 Å². The molecule has 0 bridgehead atoms. The first-order valence-corrected chi connectivity index (χ1v) is 7.81. The first-order chi connectivity index (χ1) is 12.3. The van der Waals surface area contributed by atoms with Gasteiger partial charge in [-0.25, -0.2) is 0 Å². The molecule has 26 heavy (non-hydrogen) atoms. The molecule has 138 valence electrons. The molecular formula is C18H17F3N2O3. The summed E-state index contributed by atoms with van der Waals surface area (Å²) in [7, 11) is 0. The summed E-state index contributed by atoms with van der Waals surface area (Å²) in [5, 5.41) is 2.14. The molecular weight excluding hydrogens is 349 g/mol. The molecule has 0 spiro atoms. The minimum atomic E-state index is -4.62. The van der Waals surface area contributed by atoms with Crippen molar-refractivity contribution in [2.45, 2.75) is 19.5 Å². The largest absolute Gasteiger partial charge is 0.494 e. The van der Waals surface area contributed by atoms with E-state index in [1.54, 1.807) is 24.3 Å². The number of aromatic amines is 1. The smallest absolute Gasteiger partial charge is 0.417 e. The topological polar surface area (TPSA) is 71.2 Å². The number of alkyl halides is 3. The van der Waals surface area contributed by atoms with E-state index in [1.807, 2.05) is 11.9 Å². The maximum absolute atomic E-state index is 12.7. The lowest BCUT2D eigenvalue weighted by atomic mass is 10.2. The molecule has 0 aliphatic heterocycles. The zero-order valence-electron chi connectivity index (χ0n) is 13.9. The van der Waals surface area contributed by atoms with Crippen molar-refractivity contribution < 1.29 is 22.7 Å². The monoisotopic (exact) mass is 366 g/mol. The normalized spacial score (nSPS) is 11.5. The first kappa shape index (κ1) is 19.3. The van der Waals surface area contributed by atoms with Crippen molar-refractivity contribution in [2.24, 2.45) is 0 Å². The Kier molecular flexibility index (Phi) is 6.21. The molecule has 0 aliphatic carbocycles. The zero-order valence-corrected chi connectivity index (χ0v) is 13.9. The van der Waals surface area contributed by atoms with Gasteiger partial charge < -0.3 is 15.0 Å². The average molecular weight is 366 g/mol. The quantitative estimate of drug-likeness (QED) is 0.763. The summed E-state index contributed by atoms with van der Waals surface area (Å²) in [4.78, 5) is 25.4. The summed E-state index contributed by atoms with van der Waals surface area (Å²) in [6.07, 6.45) is -0.587. The van der Waals surface area contributed by atoms with Gasteiger partial charge in [0.05, 0.1) is 12.2 Å². The number of aromatic nitrogens is 1. The van der Waals surface area contributed by atoms with Gasteiger partial charge in [-0.3, -0.25) is 9.59 Å². The van der Waals surface area contributed by atoms with Crippen LogP contribution in [0, 0.1) is 0 Å². The lowest BCUT2D eigenvalue weighted by Gasteiger charge is -2.08. The molecule has 5 nitrogen and oxygen atoms in total. The SMILES string of the molecule is CCCOc1ccc(/C=C/C(=O)Nc2cc(C(F)(F)F)c[nH]c2=O)cc1. The van der Waals surface area contributed by atoms with E-state index in [9.17, 15) is 22.8 Å². The number of halogens is 3. The van der Waals surface area contributed by atoms with E-state index in [0.717, 1.165) is 12.5 Å². The highest BCUT2D eigenvalue weighted by molar-refractivity contribution is 6.01. The molecule has 1 amide bonds.